The standard InChI is InChI=1S/C28H30N6O5S/c1-27(2,3)20-6-5-17(11-22(20)38-4)25(35)34-23(24-32-9-10-40-24)19(21-15-29-7-8-31-21)13-28(34,39-26(36)37)12-18-14-30-16-33-18/h5-11,14-16,19,23H,12-13H2,1-4H3,(H,30,33)(H,36,37)/t19-,23-,28-/m1/s1. The van der Waals surface area contributed by atoms with E-state index in [0.29, 0.717) is 27.7 Å². The first-order chi connectivity index (χ1) is 19.1. The molecule has 2 N–H and O–H groups in total. The fourth-order valence-electron chi connectivity index (χ4n) is 5.43. The summed E-state index contributed by atoms with van der Waals surface area (Å²) in [4.78, 5) is 48.9. The van der Waals surface area contributed by atoms with Crippen molar-refractivity contribution in [3.63, 3.8) is 0 Å². The molecule has 3 aromatic heterocycles. The number of hydrogen-bond donors (Lipinski definition) is 2. The number of amides is 1. The summed E-state index contributed by atoms with van der Waals surface area (Å²) < 4.78 is 11.4. The summed E-state index contributed by atoms with van der Waals surface area (Å²) in [5, 5.41) is 12.4. The molecule has 12 heteroatoms. The zero-order valence-corrected chi connectivity index (χ0v) is 23.4. The molecule has 0 bridgehead atoms. The normalized spacial score (nSPS) is 20.9. The first-order valence-corrected chi connectivity index (χ1v) is 13.6. The largest absolute Gasteiger partial charge is 0.507 e. The minimum absolute atomic E-state index is 0.0182. The third-order valence-corrected chi connectivity index (χ3v) is 7.92. The van der Waals surface area contributed by atoms with Crippen LogP contribution in [0, 0.1) is 0 Å². The molecule has 1 aromatic carbocycles. The second-order valence-electron chi connectivity index (χ2n) is 10.6. The molecular weight excluding hydrogens is 532 g/mol. The van der Waals surface area contributed by atoms with Gasteiger partial charge >= 0.3 is 6.16 Å². The molecule has 5 rings (SSSR count). The number of hydrogen-bond acceptors (Lipinski definition) is 9. The summed E-state index contributed by atoms with van der Waals surface area (Å²) in [7, 11) is 1.56. The molecule has 40 heavy (non-hydrogen) atoms. The second-order valence-corrected chi connectivity index (χ2v) is 11.6. The van der Waals surface area contributed by atoms with Crippen LogP contribution in [0.1, 0.15) is 71.5 Å². The Balaban J connectivity index is 1.71. The topological polar surface area (TPSA) is 143 Å². The lowest BCUT2D eigenvalue weighted by Gasteiger charge is -2.39. The molecular formula is C28H30N6O5S. The summed E-state index contributed by atoms with van der Waals surface area (Å²) in [5.41, 5.74) is 0.554. The van der Waals surface area contributed by atoms with Gasteiger partial charge in [-0.25, -0.2) is 14.8 Å². The number of thiazole rings is 1. The molecule has 0 radical (unpaired) electrons. The van der Waals surface area contributed by atoms with Crippen LogP contribution in [0.25, 0.3) is 0 Å². The smallest absolute Gasteiger partial charge is 0.496 e. The van der Waals surface area contributed by atoms with Gasteiger partial charge in [0, 0.05) is 54.3 Å². The second kappa shape index (κ2) is 10.7. The van der Waals surface area contributed by atoms with Gasteiger partial charge in [0.1, 0.15) is 10.8 Å². The summed E-state index contributed by atoms with van der Waals surface area (Å²) in [6, 6.07) is 4.61. The van der Waals surface area contributed by atoms with Crippen molar-refractivity contribution in [3.8, 4) is 5.75 Å². The highest BCUT2D eigenvalue weighted by atomic mass is 32.1. The molecule has 0 saturated carbocycles. The maximum absolute atomic E-state index is 14.6. The number of nitrogens with one attached hydrogen (secondary N) is 1. The molecule has 0 aliphatic carbocycles. The number of carbonyl (C=O) groups excluding carboxylic acids is 1. The minimum Gasteiger partial charge on any atom is -0.496 e. The first-order valence-electron chi connectivity index (χ1n) is 12.7. The molecule has 4 heterocycles. The van der Waals surface area contributed by atoms with Gasteiger partial charge in [-0.1, -0.05) is 26.8 Å². The molecule has 0 spiro atoms. The Morgan fingerprint density at radius 3 is 2.62 bits per heavy atom. The van der Waals surface area contributed by atoms with Crippen molar-refractivity contribution in [2.45, 2.75) is 56.7 Å². The maximum Gasteiger partial charge on any atom is 0.507 e. The van der Waals surface area contributed by atoms with E-state index >= 15 is 0 Å². The molecule has 1 fully saturated rings. The Morgan fingerprint density at radius 2 is 2.02 bits per heavy atom. The molecule has 208 valence electrons. The van der Waals surface area contributed by atoms with Crippen molar-refractivity contribution in [2.24, 2.45) is 0 Å². The van der Waals surface area contributed by atoms with Crippen molar-refractivity contribution in [2.75, 3.05) is 7.11 Å². The van der Waals surface area contributed by atoms with Crippen LogP contribution in [0.2, 0.25) is 0 Å². The molecule has 1 aliphatic heterocycles. The molecule has 1 aliphatic rings. The van der Waals surface area contributed by atoms with E-state index in [1.807, 2.05) is 11.4 Å². The summed E-state index contributed by atoms with van der Waals surface area (Å²) >= 11 is 1.37. The van der Waals surface area contributed by atoms with Crippen LogP contribution in [0.5, 0.6) is 5.75 Å². The number of carbonyl (C=O) groups is 2. The fraction of sp³-hybridized carbons (Fsp3) is 0.357. The lowest BCUT2D eigenvalue weighted by atomic mass is 9.85. The number of benzene rings is 1. The first kappa shape index (κ1) is 27.3. The predicted octanol–water partition coefficient (Wildman–Crippen LogP) is 4.97. The fourth-order valence-corrected chi connectivity index (χ4v) is 6.22. The SMILES string of the molecule is COc1cc(C(=O)N2[C@@H](c3nccs3)[C@@H](c3cnccn3)C[C@@]2(Cc2c[nH]cn2)OC(=O)O)ccc1C(C)(C)C. The molecule has 0 unspecified atom stereocenters. The summed E-state index contributed by atoms with van der Waals surface area (Å²) in [5.74, 6) is -0.328. The lowest BCUT2D eigenvalue weighted by Crippen LogP contribution is -2.52. The van der Waals surface area contributed by atoms with Gasteiger partial charge in [0.2, 0.25) is 0 Å². The van der Waals surface area contributed by atoms with Crippen LogP contribution >= 0.6 is 11.3 Å². The number of aromatic amines is 1. The van der Waals surface area contributed by atoms with E-state index in [1.54, 1.807) is 50.2 Å². The Hall–Kier alpha value is -4.32. The lowest BCUT2D eigenvalue weighted by molar-refractivity contribution is -0.0972. The minimum atomic E-state index is -1.62. The van der Waals surface area contributed by atoms with E-state index in [0.717, 1.165) is 5.56 Å². The van der Waals surface area contributed by atoms with Crippen LogP contribution < -0.4 is 4.74 Å². The van der Waals surface area contributed by atoms with Crippen LogP contribution in [0.4, 0.5) is 4.79 Å². The van der Waals surface area contributed by atoms with Gasteiger partial charge in [0.15, 0.2) is 5.72 Å². The number of ether oxygens (including phenoxy) is 2. The highest BCUT2D eigenvalue weighted by Crippen LogP contribution is 2.54. The van der Waals surface area contributed by atoms with Gasteiger partial charge in [0.05, 0.1) is 37.3 Å². The zero-order valence-electron chi connectivity index (χ0n) is 22.6. The van der Waals surface area contributed by atoms with Gasteiger partial charge in [-0.3, -0.25) is 19.7 Å². The Labute approximate surface area is 235 Å². The number of imidazole rings is 1. The number of H-pyrrole nitrogens is 1. The van der Waals surface area contributed by atoms with E-state index in [-0.39, 0.29) is 18.3 Å². The van der Waals surface area contributed by atoms with E-state index in [4.69, 9.17) is 9.47 Å². The van der Waals surface area contributed by atoms with Gasteiger partial charge in [0.25, 0.3) is 5.91 Å². The summed E-state index contributed by atoms with van der Waals surface area (Å²) in [6.07, 6.45) is 8.21. The quantitative estimate of drug-likeness (QED) is 0.298. The average Bonchev–Trinajstić information content (AvgIpc) is 3.69. The van der Waals surface area contributed by atoms with Crippen LogP contribution in [0.15, 0.2) is 60.9 Å². The Bertz CT molecular complexity index is 1470. The Kier molecular flexibility index (Phi) is 7.28. The molecule has 3 atom stereocenters. The average molecular weight is 563 g/mol. The number of nitrogens with zero attached hydrogens (tertiary/aromatic N) is 5. The van der Waals surface area contributed by atoms with Gasteiger partial charge in [-0.05, 0) is 23.1 Å². The highest BCUT2D eigenvalue weighted by Gasteiger charge is 2.59. The highest BCUT2D eigenvalue weighted by molar-refractivity contribution is 7.09. The monoisotopic (exact) mass is 562 g/mol. The maximum atomic E-state index is 14.6. The Morgan fingerprint density at radius 1 is 1.20 bits per heavy atom. The molecule has 4 aromatic rings. The zero-order chi connectivity index (χ0) is 28.5. The van der Waals surface area contributed by atoms with Crippen molar-refractivity contribution >= 4 is 23.4 Å². The van der Waals surface area contributed by atoms with E-state index < -0.39 is 29.7 Å². The van der Waals surface area contributed by atoms with Crippen molar-refractivity contribution in [1.29, 1.82) is 0 Å². The van der Waals surface area contributed by atoms with Crippen molar-refractivity contribution in [3.05, 3.63) is 88.4 Å². The number of rotatable bonds is 7. The van der Waals surface area contributed by atoms with Crippen LogP contribution in [0.3, 0.4) is 0 Å². The number of likely N-dealkylation sites (tertiary alicyclic amines) is 1. The number of methoxy groups -OCH3 is 1. The third-order valence-electron chi connectivity index (χ3n) is 7.07. The van der Waals surface area contributed by atoms with E-state index in [9.17, 15) is 14.7 Å². The molecule has 1 amide bonds. The van der Waals surface area contributed by atoms with Crippen LogP contribution in [-0.4, -0.2) is 59.8 Å². The third kappa shape index (κ3) is 5.14. The summed E-state index contributed by atoms with van der Waals surface area (Å²) in [6.45, 7) is 6.19. The van der Waals surface area contributed by atoms with E-state index in [1.165, 1.54) is 22.6 Å². The van der Waals surface area contributed by atoms with Crippen molar-refractivity contribution in [1.82, 2.24) is 29.8 Å². The molecule has 1 saturated heterocycles. The number of carboxylic acid groups (broad SMARTS) is 1. The molecule has 11 nitrogen and oxygen atoms in total. The van der Waals surface area contributed by atoms with Crippen LogP contribution in [-0.2, 0) is 16.6 Å². The predicted molar refractivity (Wildman–Crippen MR) is 146 cm³/mol. The van der Waals surface area contributed by atoms with Gasteiger partial charge in [-0.15, -0.1) is 11.3 Å². The van der Waals surface area contributed by atoms with Gasteiger partial charge in [-0.2, -0.15) is 0 Å². The van der Waals surface area contributed by atoms with Crippen molar-refractivity contribution < 1.29 is 24.2 Å². The number of aromatic nitrogens is 5. The van der Waals surface area contributed by atoms with Gasteiger partial charge < -0.3 is 19.6 Å². The van der Waals surface area contributed by atoms with E-state index in [2.05, 4.69) is 45.7 Å².